The third kappa shape index (κ3) is 3.77. The summed E-state index contributed by atoms with van der Waals surface area (Å²) in [6.07, 6.45) is 0.991. The minimum atomic E-state index is -0.137. The second-order valence-electron chi connectivity index (χ2n) is 6.16. The number of aromatic nitrogens is 2. The zero-order valence-corrected chi connectivity index (χ0v) is 15.2. The molecule has 1 aliphatic heterocycles. The molecule has 2 atom stereocenters. The van der Waals surface area contributed by atoms with Gasteiger partial charge in [0.15, 0.2) is 5.82 Å². The average molecular weight is 365 g/mol. The van der Waals surface area contributed by atoms with Gasteiger partial charge in [0.05, 0.1) is 18.7 Å². The van der Waals surface area contributed by atoms with E-state index in [1.165, 1.54) is 0 Å². The van der Waals surface area contributed by atoms with Crippen molar-refractivity contribution in [2.24, 2.45) is 0 Å². The summed E-state index contributed by atoms with van der Waals surface area (Å²) in [5, 5.41) is 7.70. The minimum absolute atomic E-state index is 0.0195. The topological polar surface area (TPSA) is 80.5 Å². The third-order valence-electron chi connectivity index (χ3n) is 4.37. The molecule has 0 bridgehead atoms. The first-order valence-corrected chi connectivity index (χ1v) is 8.53. The largest absolute Gasteiger partial charge is 0.495 e. The first-order valence-electron chi connectivity index (χ1n) is 8.15. The van der Waals surface area contributed by atoms with Crippen LogP contribution in [0.1, 0.15) is 31.0 Å². The number of ether oxygens (including phenoxy) is 1. The molecule has 8 heteroatoms. The van der Waals surface area contributed by atoms with Crippen LogP contribution in [-0.2, 0) is 11.2 Å². The number of methoxy groups -OCH3 is 1. The molecule has 134 valence electrons. The van der Waals surface area contributed by atoms with Crippen LogP contribution in [0.2, 0.25) is 5.02 Å². The van der Waals surface area contributed by atoms with Gasteiger partial charge in [-0.15, -0.1) is 0 Å². The van der Waals surface area contributed by atoms with Crippen LogP contribution < -0.4 is 15.0 Å². The number of anilines is 1. The number of rotatable bonds is 6. The highest BCUT2D eigenvalue weighted by Gasteiger charge is 2.36. The quantitative estimate of drug-likeness (QED) is 0.847. The molecule has 1 aromatic heterocycles. The van der Waals surface area contributed by atoms with Crippen molar-refractivity contribution in [1.82, 2.24) is 15.5 Å². The van der Waals surface area contributed by atoms with Gasteiger partial charge in [-0.25, -0.2) is 0 Å². The predicted octanol–water partition coefficient (Wildman–Crippen LogP) is 2.40. The van der Waals surface area contributed by atoms with Gasteiger partial charge >= 0.3 is 0 Å². The lowest BCUT2D eigenvalue weighted by molar-refractivity contribution is -0.117. The van der Waals surface area contributed by atoms with E-state index in [0.717, 1.165) is 0 Å². The van der Waals surface area contributed by atoms with Gasteiger partial charge in [-0.2, -0.15) is 4.98 Å². The zero-order chi connectivity index (χ0) is 18.0. The van der Waals surface area contributed by atoms with E-state index in [9.17, 15) is 4.79 Å². The van der Waals surface area contributed by atoms with Gasteiger partial charge < -0.3 is 19.5 Å². The van der Waals surface area contributed by atoms with Crippen molar-refractivity contribution in [1.29, 1.82) is 0 Å². The molecule has 1 amide bonds. The van der Waals surface area contributed by atoms with Crippen molar-refractivity contribution in [2.75, 3.05) is 25.6 Å². The van der Waals surface area contributed by atoms with E-state index in [-0.39, 0.29) is 17.9 Å². The fraction of sp³-hybridized carbons (Fsp3) is 0.471. The van der Waals surface area contributed by atoms with E-state index < -0.39 is 0 Å². The molecular weight excluding hydrogens is 344 g/mol. The number of carbonyl (C=O) groups excluding carboxylic acids is 1. The van der Waals surface area contributed by atoms with E-state index in [1.807, 2.05) is 14.0 Å². The summed E-state index contributed by atoms with van der Waals surface area (Å²) in [5.41, 5.74) is 0.658. The number of hydrogen-bond acceptors (Lipinski definition) is 6. The fourth-order valence-corrected chi connectivity index (χ4v) is 3.04. The first-order chi connectivity index (χ1) is 12.0. The Hall–Kier alpha value is -2.12. The summed E-state index contributed by atoms with van der Waals surface area (Å²) < 4.78 is 10.7. The maximum absolute atomic E-state index is 12.5. The van der Waals surface area contributed by atoms with Gasteiger partial charge in [0.25, 0.3) is 0 Å². The van der Waals surface area contributed by atoms with E-state index in [0.29, 0.717) is 47.6 Å². The maximum Gasteiger partial charge on any atom is 0.232 e. The van der Waals surface area contributed by atoms with Crippen molar-refractivity contribution in [2.45, 2.75) is 31.7 Å². The highest BCUT2D eigenvalue weighted by atomic mass is 35.5. The lowest BCUT2D eigenvalue weighted by Crippen LogP contribution is -2.25. The number of nitrogens with zero attached hydrogens (tertiary/aromatic N) is 3. The van der Waals surface area contributed by atoms with Gasteiger partial charge in [0, 0.05) is 30.5 Å². The Kier molecular flexibility index (Phi) is 5.24. The van der Waals surface area contributed by atoms with Gasteiger partial charge in [0.1, 0.15) is 5.75 Å². The summed E-state index contributed by atoms with van der Waals surface area (Å²) in [4.78, 5) is 18.6. The summed E-state index contributed by atoms with van der Waals surface area (Å²) in [6, 6.07) is 5.47. The second kappa shape index (κ2) is 7.41. The average Bonchev–Trinajstić information content (AvgIpc) is 3.21. The molecule has 0 saturated carbocycles. The van der Waals surface area contributed by atoms with Crippen LogP contribution in [-0.4, -0.2) is 42.8 Å². The Balaban J connectivity index is 1.78. The summed E-state index contributed by atoms with van der Waals surface area (Å²) >= 11 is 6.08. The van der Waals surface area contributed by atoms with Crippen molar-refractivity contribution in [3.8, 4) is 5.75 Å². The normalized spacial score (nSPS) is 18.6. The zero-order valence-electron chi connectivity index (χ0n) is 14.5. The third-order valence-corrected chi connectivity index (χ3v) is 4.61. The Morgan fingerprint density at radius 1 is 1.52 bits per heavy atom. The highest BCUT2D eigenvalue weighted by Crippen LogP contribution is 2.37. The lowest BCUT2D eigenvalue weighted by atomic mass is 10.1. The van der Waals surface area contributed by atoms with E-state index in [4.69, 9.17) is 20.9 Å². The van der Waals surface area contributed by atoms with E-state index in [1.54, 1.807) is 30.2 Å². The molecule has 3 rings (SSSR count). The minimum Gasteiger partial charge on any atom is -0.495 e. The fourth-order valence-electron chi connectivity index (χ4n) is 2.87. The molecular formula is C17H21ClN4O3. The molecule has 0 spiro atoms. The number of amides is 1. The van der Waals surface area contributed by atoms with Gasteiger partial charge in [-0.1, -0.05) is 16.8 Å². The smallest absolute Gasteiger partial charge is 0.232 e. The summed E-state index contributed by atoms with van der Waals surface area (Å²) in [7, 11) is 3.45. The van der Waals surface area contributed by atoms with Crippen molar-refractivity contribution < 1.29 is 14.1 Å². The molecule has 1 saturated heterocycles. The molecule has 7 nitrogen and oxygen atoms in total. The summed E-state index contributed by atoms with van der Waals surface area (Å²) in [6.45, 7) is 2.50. The predicted molar refractivity (Wildman–Crippen MR) is 94.2 cm³/mol. The Morgan fingerprint density at radius 3 is 3.04 bits per heavy atom. The van der Waals surface area contributed by atoms with E-state index >= 15 is 0 Å². The maximum atomic E-state index is 12.5. The number of benzene rings is 1. The first kappa shape index (κ1) is 17.7. The number of halogens is 1. The SMILES string of the molecule is CNC(C)Cc1noc(C2CC(=O)N(c3cc(Cl)ccc3OC)C2)n1. The van der Waals surface area contributed by atoms with Crippen molar-refractivity contribution in [3.05, 3.63) is 34.9 Å². The van der Waals surface area contributed by atoms with Crippen LogP contribution in [0.25, 0.3) is 0 Å². The molecule has 1 fully saturated rings. The molecule has 1 aliphatic rings. The molecule has 1 aromatic carbocycles. The van der Waals surface area contributed by atoms with Crippen molar-refractivity contribution >= 4 is 23.2 Å². The van der Waals surface area contributed by atoms with Crippen LogP contribution in [0, 0.1) is 0 Å². The molecule has 2 aromatic rings. The Labute approximate surface area is 151 Å². The van der Waals surface area contributed by atoms with Crippen molar-refractivity contribution in [3.63, 3.8) is 0 Å². The highest BCUT2D eigenvalue weighted by molar-refractivity contribution is 6.31. The monoisotopic (exact) mass is 364 g/mol. The molecule has 2 heterocycles. The van der Waals surface area contributed by atoms with Crippen LogP contribution >= 0.6 is 11.6 Å². The second-order valence-corrected chi connectivity index (χ2v) is 6.60. The van der Waals surface area contributed by atoms with Crippen LogP contribution in [0.5, 0.6) is 5.75 Å². The number of likely N-dealkylation sites (N-methyl/N-ethyl adjacent to an activating group) is 1. The molecule has 1 N–H and O–H groups in total. The van der Waals surface area contributed by atoms with Gasteiger partial charge in [-0.3, -0.25) is 4.79 Å². The molecule has 2 unspecified atom stereocenters. The molecule has 25 heavy (non-hydrogen) atoms. The number of carbonyl (C=O) groups is 1. The Morgan fingerprint density at radius 2 is 2.32 bits per heavy atom. The van der Waals surface area contributed by atoms with Gasteiger partial charge in [-0.05, 0) is 32.2 Å². The van der Waals surface area contributed by atoms with Crippen LogP contribution in [0.4, 0.5) is 5.69 Å². The number of hydrogen-bond donors (Lipinski definition) is 1. The summed E-state index contributed by atoms with van der Waals surface area (Å²) in [5.74, 6) is 1.59. The Bertz CT molecular complexity index is 764. The number of nitrogens with one attached hydrogen (secondary N) is 1. The van der Waals surface area contributed by atoms with Crippen LogP contribution in [0.15, 0.2) is 22.7 Å². The van der Waals surface area contributed by atoms with Crippen LogP contribution in [0.3, 0.4) is 0 Å². The molecule has 0 radical (unpaired) electrons. The molecule has 0 aliphatic carbocycles. The van der Waals surface area contributed by atoms with Gasteiger partial charge in [0.2, 0.25) is 11.8 Å². The standard InChI is InChI=1S/C17H21ClN4O3/c1-10(19-2)6-15-20-17(25-21-15)11-7-16(23)22(9-11)13-8-12(18)4-5-14(13)24-3/h4-5,8,10-11,19H,6-7,9H2,1-3H3. The van der Waals surface area contributed by atoms with E-state index in [2.05, 4.69) is 15.5 Å². The lowest BCUT2D eigenvalue weighted by Gasteiger charge is -2.19.